The number of aromatic nitrogens is 2. The molecule has 20 heavy (non-hydrogen) atoms. The lowest BCUT2D eigenvalue weighted by molar-refractivity contribution is 0.300. The van der Waals surface area contributed by atoms with E-state index in [4.69, 9.17) is 4.42 Å². The standard InChI is InChI=1S/C15H24N4O/c1-9(13-7-10-2-3-11(13)6-10)17-15-19-18-14(20-15)8-16-12-4-5-12/h9-13,16H,2-8H2,1H3,(H,17,19). The molecular formula is C15H24N4O. The second-order valence-corrected chi connectivity index (χ2v) is 6.93. The molecular weight excluding hydrogens is 252 g/mol. The van der Waals surface area contributed by atoms with Gasteiger partial charge in [0.2, 0.25) is 5.89 Å². The molecule has 2 N–H and O–H groups in total. The van der Waals surface area contributed by atoms with Crippen LogP contribution in [-0.2, 0) is 6.54 Å². The first kappa shape index (κ1) is 12.6. The molecule has 3 saturated carbocycles. The van der Waals surface area contributed by atoms with Gasteiger partial charge in [-0.3, -0.25) is 0 Å². The first-order valence-electron chi connectivity index (χ1n) is 8.10. The van der Waals surface area contributed by atoms with Crippen molar-refractivity contribution in [3.8, 4) is 0 Å². The van der Waals surface area contributed by atoms with Gasteiger partial charge in [0.05, 0.1) is 6.54 Å². The van der Waals surface area contributed by atoms with E-state index in [0.717, 1.165) is 17.8 Å². The lowest BCUT2D eigenvalue weighted by Gasteiger charge is -2.27. The van der Waals surface area contributed by atoms with E-state index in [1.807, 2.05) is 0 Å². The summed E-state index contributed by atoms with van der Waals surface area (Å²) >= 11 is 0. The zero-order valence-electron chi connectivity index (χ0n) is 12.1. The van der Waals surface area contributed by atoms with Crippen molar-refractivity contribution in [2.45, 2.75) is 64.1 Å². The third kappa shape index (κ3) is 2.55. The number of rotatable bonds is 6. The minimum atomic E-state index is 0.440. The zero-order valence-corrected chi connectivity index (χ0v) is 12.1. The van der Waals surface area contributed by atoms with Crippen LogP contribution in [0.4, 0.5) is 6.01 Å². The zero-order chi connectivity index (χ0) is 13.5. The van der Waals surface area contributed by atoms with Gasteiger partial charge in [0.25, 0.3) is 0 Å². The molecule has 3 aliphatic rings. The summed E-state index contributed by atoms with van der Waals surface area (Å²) in [6.07, 6.45) is 8.24. The predicted molar refractivity (Wildman–Crippen MR) is 76.2 cm³/mol. The van der Waals surface area contributed by atoms with Crippen LogP contribution in [0.5, 0.6) is 0 Å². The minimum absolute atomic E-state index is 0.440. The monoisotopic (exact) mass is 276 g/mol. The number of nitrogens with one attached hydrogen (secondary N) is 2. The molecule has 110 valence electrons. The van der Waals surface area contributed by atoms with Gasteiger partial charge < -0.3 is 15.1 Å². The Labute approximate surface area is 119 Å². The van der Waals surface area contributed by atoms with Crippen LogP contribution in [0.25, 0.3) is 0 Å². The van der Waals surface area contributed by atoms with Gasteiger partial charge >= 0.3 is 6.01 Å². The highest BCUT2D eigenvalue weighted by Crippen LogP contribution is 2.49. The quantitative estimate of drug-likeness (QED) is 0.836. The van der Waals surface area contributed by atoms with E-state index in [-0.39, 0.29) is 0 Å². The molecule has 4 unspecified atom stereocenters. The third-order valence-corrected chi connectivity index (χ3v) is 5.37. The van der Waals surface area contributed by atoms with Crippen LogP contribution in [0.1, 0.15) is 51.3 Å². The Bertz CT molecular complexity index is 470. The molecule has 0 radical (unpaired) electrons. The Morgan fingerprint density at radius 3 is 2.80 bits per heavy atom. The summed E-state index contributed by atoms with van der Waals surface area (Å²) in [5.74, 6) is 3.38. The summed E-state index contributed by atoms with van der Waals surface area (Å²) in [5, 5.41) is 15.0. The Hall–Kier alpha value is -1.10. The van der Waals surface area contributed by atoms with E-state index < -0.39 is 0 Å². The van der Waals surface area contributed by atoms with Crippen molar-refractivity contribution >= 4 is 6.01 Å². The molecule has 4 atom stereocenters. The second kappa shape index (κ2) is 5.02. The average molecular weight is 276 g/mol. The average Bonchev–Trinajstić information content (AvgIpc) is 2.88. The lowest BCUT2D eigenvalue weighted by atomic mass is 9.84. The van der Waals surface area contributed by atoms with E-state index in [9.17, 15) is 0 Å². The fourth-order valence-electron chi connectivity index (χ4n) is 4.11. The lowest BCUT2D eigenvalue weighted by Crippen LogP contribution is -2.30. The maximum Gasteiger partial charge on any atom is 0.315 e. The molecule has 2 bridgehead atoms. The Kier molecular flexibility index (Phi) is 3.17. The molecule has 0 amide bonds. The summed E-state index contributed by atoms with van der Waals surface area (Å²) in [6, 6.07) is 1.70. The highest BCUT2D eigenvalue weighted by atomic mass is 16.4. The first-order valence-corrected chi connectivity index (χ1v) is 8.10. The molecule has 1 heterocycles. The van der Waals surface area contributed by atoms with E-state index in [1.165, 1.54) is 38.5 Å². The summed E-state index contributed by atoms with van der Waals surface area (Å²) in [4.78, 5) is 0. The first-order chi connectivity index (χ1) is 9.78. The fourth-order valence-corrected chi connectivity index (χ4v) is 4.11. The van der Waals surface area contributed by atoms with Gasteiger partial charge in [-0.05, 0) is 56.8 Å². The molecule has 1 aromatic heterocycles. The minimum Gasteiger partial charge on any atom is -0.407 e. The number of hydrogen-bond donors (Lipinski definition) is 2. The van der Waals surface area contributed by atoms with Crippen LogP contribution >= 0.6 is 0 Å². The normalized spacial score (nSPS) is 33.5. The van der Waals surface area contributed by atoms with Crippen LogP contribution in [0, 0.1) is 17.8 Å². The van der Waals surface area contributed by atoms with E-state index >= 15 is 0 Å². The SMILES string of the molecule is CC(Nc1nnc(CNC2CC2)o1)C1CC2CCC1C2. The van der Waals surface area contributed by atoms with Crippen molar-refractivity contribution < 1.29 is 4.42 Å². The summed E-state index contributed by atoms with van der Waals surface area (Å²) in [7, 11) is 0. The van der Waals surface area contributed by atoms with Crippen LogP contribution in [0.3, 0.4) is 0 Å². The second-order valence-electron chi connectivity index (χ2n) is 6.93. The molecule has 5 heteroatoms. The smallest absolute Gasteiger partial charge is 0.315 e. The van der Waals surface area contributed by atoms with Gasteiger partial charge in [0.15, 0.2) is 0 Å². The predicted octanol–water partition coefficient (Wildman–Crippen LogP) is 2.56. The molecule has 3 aliphatic carbocycles. The number of fused-ring (bicyclic) bond motifs is 2. The Balaban J connectivity index is 1.31. The highest BCUT2D eigenvalue weighted by Gasteiger charge is 2.42. The van der Waals surface area contributed by atoms with E-state index in [0.29, 0.717) is 30.5 Å². The molecule has 0 saturated heterocycles. The van der Waals surface area contributed by atoms with Crippen molar-refractivity contribution in [1.29, 1.82) is 0 Å². The summed E-state index contributed by atoms with van der Waals surface area (Å²) < 4.78 is 5.68. The maximum atomic E-state index is 5.68. The number of nitrogens with zero attached hydrogens (tertiary/aromatic N) is 2. The van der Waals surface area contributed by atoms with Gasteiger partial charge in [-0.2, -0.15) is 0 Å². The molecule has 3 fully saturated rings. The van der Waals surface area contributed by atoms with Gasteiger partial charge in [0.1, 0.15) is 0 Å². The van der Waals surface area contributed by atoms with E-state index in [2.05, 4.69) is 27.8 Å². The van der Waals surface area contributed by atoms with Gasteiger partial charge in [-0.1, -0.05) is 11.5 Å². The number of anilines is 1. The van der Waals surface area contributed by atoms with Crippen molar-refractivity contribution in [2.75, 3.05) is 5.32 Å². The summed E-state index contributed by atoms with van der Waals surface area (Å²) in [6.45, 7) is 2.96. The molecule has 5 nitrogen and oxygen atoms in total. The molecule has 0 aliphatic heterocycles. The van der Waals surface area contributed by atoms with Crippen molar-refractivity contribution in [1.82, 2.24) is 15.5 Å². The molecule has 4 rings (SSSR count). The van der Waals surface area contributed by atoms with Gasteiger partial charge in [0, 0.05) is 12.1 Å². The van der Waals surface area contributed by atoms with Gasteiger partial charge in [-0.15, -0.1) is 5.10 Å². The highest BCUT2D eigenvalue weighted by molar-refractivity contribution is 5.20. The maximum absolute atomic E-state index is 5.68. The van der Waals surface area contributed by atoms with Crippen LogP contribution in [-0.4, -0.2) is 22.3 Å². The molecule has 0 aromatic carbocycles. The fraction of sp³-hybridized carbons (Fsp3) is 0.867. The molecule has 0 spiro atoms. The van der Waals surface area contributed by atoms with Gasteiger partial charge in [-0.25, -0.2) is 0 Å². The Morgan fingerprint density at radius 2 is 2.10 bits per heavy atom. The molecule has 1 aromatic rings. The van der Waals surface area contributed by atoms with Crippen LogP contribution < -0.4 is 10.6 Å². The van der Waals surface area contributed by atoms with Crippen molar-refractivity contribution in [3.05, 3.63) is 5.89 Å². The van der Waals surface area contributed by atoms with E-state index in [1.54, 1.807) is 0 Å². The van der Waals surface area contributed by atoms with Crippen LogP contribution in [0.15, 0.2) is 4.42 Å². The van der Waals surface area contributed by atoms with Crippen molar-refractivity contribution in [2.24, 2.45) is 17.8 Å². The third-order valence-electron chi connectivity index (χ3n) is 5.37. The Morgan fingerprint density at radius 1 is 1.20 bits per heavy atom. The van der Waals surface area contributed by atoms with Crippen molar-refractivity contribution in [3.63, 3.8) is 0 Å². The summed E-state index contributed by atoms with van der Waals surface area (Å²) in [5.41, 5.74) is 0. The number of hydrogen-bond acceptors (Lipinski definition) is 5. The largest absolute Gasteiger partial charge is 0.407 e. The topological polar surface area (TPSA) is 63.0 Å². The van der Waals surface area contributed by atoms with Crippen LogP contribution in [0.2, 0.25) is 0 Å².